The third-order valence-electron chi connectivity index (χ3n) is 2.57. The van der Waals surface area contributed by atoms with E-state index in [1.165, 1.54) is 15.3 Å². The van der Waals surface area contributed by atoms with Gasteiger partial charge in [0, 0.05) is 23.0 Å². The smallest absolute Gasteiger partial charge is 0.217 e. The number of rotatable bonds is 1. The van der Waals surface area contributed by atoms with Crippen LogP contribution in [0.3, 0.4) is 0 Å². The first-order chi connectivity index (χ1) is 7.61. The van der Waals surface area contributed by atoms with Gasteiger partial charge in [-0.15, -0.1) is 22.9 Å². The van der Waals surface area contributed by atoms with E-state index >= 15 is 0 Å². The summed E-state index contributed by atoms with van der Waals surface area (Å²) < 4.78 is 0. The zero-order valence-electron chi connectivity index (χ0n) is 9.49. The molecule has 1 N–H and O–H groups in total. The summed E-state index contributed by atoms with van der Waals surface area (Å²) >= 11 is 8.05. The number of thiophene rings is 1. The van der Waals surface area contributed by atoms with Crippen molar-refractivity contribution in [1.82, 2.24) is 5.32 Å². The van der Waals surface area contributed by atoms with Crippen LogP contribution in [-0.4, -0.2) is 24.6 Å². The molecule has 2 heterocycles. The molecule has 16 heavy (non-hydrogen) atoms. The minimum Gasteiger partial charge on any atom is -0.346 e. The van der Waals surface area contributed by atoms with Gasteiger partial charge in [0.15, 0.2) is 0 Å². The second-order valence-corrected chi connectivity index (χ2v) is 5.72. The minimum absolute atomic E-state index is 0.0721. The number of nitrogens with one attached hydrogen (secondary N) is 1. The molecule has 0 radical (unpaired) electrons. The van der Waals surface area contributed by atoms with Crippen LogP contribution in [0.4, 0.5) is 0 Å². The van der Waals surface area contributed by atoms with Gasteiger partial charge in [0.25, 0.3) is 0 Å². The summed E-state index contributed by atoms with van der Waals surface area (Å²) in [4.78, 5) is 10.8. The van der Waals surface area contributed by atoms with Gasteiger partial charge in [0.1, 0.15) is 0 Å². The predicted molar refractivity (Wildman–Crippen MR) is 71.2 cm³/mol. The summed E-state index contributed by atoms with van der Waals surface area (Å²) in [5, 5.41) is 3.12. The summed E-state index contributed by atoms with van der Waals surface area (Å²) in [6.07, 6.45) is 1.75. The van der Waals surface area contributed by atoms with E-state index < -0.39 is 0 Å². The fourth-order valence-electron chi connectivity index (χ4n) is 1.81. The molecule has 0 saturated carbocycles. The van der Waals surface area contributed by atoms with Crippen LogP contribution < -0.4 is 5.32 Å². The molecule has 0 bridgehead atoms. The Hall–Kier alpha value is -0.870. The highest BCUT2D eigenvalue weighted by molar-refractivity contribution is 7.12. The molecule has 5 heteroatoms. The average molecular weight is 256 g/mol. The molecule has 1 aromatic heterocycles. The van der Waals surface area contributed by atoms with Crippen LogP contribution in [0, 0.1) is 13.8 Å². The second kappa shape index (κ2) is 4.55. The Labute approximate surface area is 104 Å². The zero-order chi connectivity index (χ0) is 11.7. The number of hydrogen-bond donors (Lipinski definition) is 1. The van der Waals surface area contributed by atoms with Gasteiger partial charge in [-0.05, 0) is 25.5 Å². The van der Waals surface area contributed by atoms with E-state index in [9.17, 15) is 0 Å². The van der Waals surface area contributed by atoms with Crippen molar-refractivity contribution < 1.29 is 0 Å². The number of aliphatic imine (C=N–C) groups is 2. The molecular weight excluding hydrogens is 242 g/mol. The van der Waals surface area contributed by atoms with Gasteiger partial charge < -0.3 is 5.32 Å². The Morgan fingerprint density at radius 2 is 2.25 bits per heavy atom. The Balaban J connectivity index is 2.34. The van der Waals surface area contributed by atoms with Gasteiger partial charge in [-0.3, -0.25) is 4.99 Å². The molecule has 2 unspecified atom stereocenters. The number of aryl methyl sites for hydroxylation is 2. The lowest BCUT2D eigenvalue weighted by molar-refractivity contribution is 0.667. The van der Waals surface area contributed by atoms with Crippen molar-refractivity contribution in [1.29, 1.82) is 0 Å². The molecular formula is C11H14ClN3S. The number of alkyl halides is 1. The Morgan fingerprint density at radius 3 is 2.81 bits per heavy atom. The van der Waals surface area contributed by atoms with Gasteiger partial charge in [-0.1, -0.05) is 0 Å². The van der Waals surface area contributed by atoms with Crippen LogP contribution in [0.5, 0.6) is 0 Å². The maximum absolute atomic E-state index is 6.26. The maximum Gasteiger partial charge on any atom is 0.217 e. The van der Waals surface area contributed by atoms with Gasteiger partial charge in [-0.2, -0.15) is 0 Å². The summed E-state index contributed by atoms with van der Waals surface area (Å²) in [7, 11) is 1.72. The molecule has 0 aromatic carbocycles. The summed E-state index contributed by atoms with van der Waals surface area (Å²) in [5.41, 5.74) is 1.25. The van der Waals surface area contributed by atoms with E-state index in [0.29, 0.717) is 5.96 Å². The molecule has 1 aliphatic heterocycles. The standard InChI is InChI=1S/C11H14ClN3S/c1-6-4-8(7(2)16-6)10-9(12)5-14-11(13-3)15-10/h4-5,9-10H,1-3H3,(H,13,15). The molecule has 0 saturated heterocycles. The summed E-state index contributed by atoms with van der Waals surface area (Å²) in [6, 6.07) is 2.25. The van der Waals surface area contributed by atoms with Crippen molar-refractivity contribution in [2.75, 3.05) is 7.05 Å². The van der Waals surface area contributed by atoms with Crippen molar-refractivity contribution in [3.63, 3.8) is 0 Å². The molecule has 2 rings (SSSR count). The number of halogens is 1. The lowest BCUT2D eigenvalue weighted by Gasteiger charge is -2.25. The summed E-state index contributed by atoms with van der Waals surface area (Å²) in [5.74, 6) is 0.644. The Bertz CT molecular complexity index is 450. The van der Waals surface area contributed by atoms with E-state index in [2.05, 4.69) is 35.2 Å². The predicted octanol–water partition coefficient (Wildman–Crippen LogP) is 2.67. The SMILES string of the molecule is CN=C1N=CC(Cl)C(c2cc(C)sc2C)N1. The first-order valence-electron chi connectivity index (χ1n) is 5.10. The van der Waals surface area contributed by atoms with Crippen LogP contribution in [0.15, 0.2) is 16.1 Å². The normalized spacial score (nSPS) is 27.1. The topological polar surface area (TPSA) is 36.8 Å². The first kappa shape index (κ1) is 11.6. The minimum atomic E-state index is -0.127. The van der Waals surface area contributed by atoms with Crippen LogP contribution in [-0.2, 0) is 0 Å². The largest absolute Gasteiger partial charge is 0.346 e. The quantitative estimate of drug-likeness (QED) is 0.770. The highest BCUT2D eigenvalue weighted by atomic mass is 35.5. The lowest BCUT2D eigenvalue weighted by Crippen LogP contribution is -2.38. The van der Waals surface area contributed by atoms with Crippen LogP contribution in [0.25, 0.3) is 0 Å². The number of guanidine groups is 1. The van der Waals surface area contributed by atoms with Gasteiger partial charge >= 0.3 is 0 Å². The number of hydrogen-bond acceptors (Lipinski definition) is 2. The molecule has 0 spiro atoms. The van der Waals surface area contributed by atoms with Crippen molar-refractivity contribution >= 4 is 35.1 Å². The molecule has 3 nitrogen and oxygen atoms in total. The van der Waals surface area contributed by atoms with E-state index in [0.717, 1.165) is 0 Å². The van der Waals surface area contributed by atoms with E-state index in [1.54, 1.807) is 24.6 Å². The third-order valence-corrected chi connectivity index (χ3v) is 3.91. The van der Waals surface area contributed by atoms with Gasteiger partial charge in [-0.25, -0.2) is 4.99 Å². The van der Waals surface area contributed by atoms with E-state index in [-0.39, 0.29) is 11.4 Å². The maximum atomic E-state index is 6.26. The second-order valence-electron chi connectivity index (χ2n) is 3.76. The van der Waals surface area contributed by atoms with E-state index in [1.807, 2.05) is 0 Å². The Morgan fingerprint density at radius 1 is 1.50 bits per heavy atom. The van der Waals surface area contributed by atoms with Crippen molar-refractivity contribution in [2.45, 2.75) is 25.3 Å². The highest BCUT2D eigenvalue weighted by Gasteiger charge is 2.26. The average Bonchev–Trinajstić information content (AvgIpc) is 2.58. The van der Waals surface area contributed by atoms with Crippen molar-refractivity contribution in [3.05, 3.63) is 21.4 Å². The van der Waals surface area contributed by atoms with Crippen molar-refractivity contribution in [2.24, 2.45) is 9.98 Å². The zero-order valence-corrected chi connectivity index (χ0v) is 11.1. The van der Waals surface area contributed by atoms with Gasteiger partial charge in [0.2, 0.25) is 5.96 Å². The lowest BCUT2D eigenvalue weighted by atomic mass is 10.0. The highest BCUT2D eigenvalue weighted by Crippen LogP contribution is 2.30. The fraction of sp³-hybridized carbons (Fsp3) is 0.455. The Kier molecular flexibility index (Phi) is 3.30. The van der Waals surface area contributed by atoms with Crippen molar-refractivity contribution in [3.8, 4) is 0 Å². The third kappa shape index (κ3) is 2.13. The molecule has 1 aromatic rings. The first-order valence-corrected chi connectivity index (χ1v) is 6.35. The molecule has 0 amide bonds. The molecule has 0 aliphatic carbocycles. The molecule has 1 aliphatic rings. The fourth-order valence-corrected chi connectivity index (χ4v) is 3.04. The van der Waals surface area contributed by atoms with Crippen LogP contribution in [0.1, 0.15) is 21.4 Å². The molecule has 0 fully saturated rings. The van der Waals surface area contributed by atoms with Gasteiger partial charge in [0.05, 0.1) is 11.4 Å². The van der Waals surface area contributed by atoms with E-state index in [4.69, 9.17) is 11.6 Å². The monoisotopic (exact) mass is 255 g/mol. The molecule has 86 valence electrons. The van der Waals surface area contributed by atoms with Crippen LogP contribution in [0.2, 0.25) is 0 Å². The molecule has 2 atom stereocenters. The van der Waals surface area contributed by atoms with Crippen LogP contribution >= 0.6 is 22.9 Å². The number of nitrogens with zero attached hydrogens (tertiary/aromatic N) is 2. The summed E-state index contributed by atoms with van der Waals surface area (Å²) in [6.45, 7) is 4.23.